The summed E-state index contributed by atoms with van der Waals surface area (Å²) in [5.74, 6) is -1.87. The molecule has 1 aromatic carbocycles. The van der Waals surface area contributed by atoms with Gasteiger partial charge in [-0.1, -0.05) is 74.1 Å². The Morgan fingerprint density at radius 3 is 2.74 bits per heavy atom. The minimum absolute atomic E-state index is 0.235. The van der Waals surface area contributed by atoms with Crippen LogP contribution in [0.3, 0.4) is 0 Å². The van der Waals surface area contributed by atoms with Crippen molar-refractivity contribution < 1.29 is 14.7 Å². The van der Waals surface area contributed by atoms with Crippen molar-refractivity contribution in [1.29, 1.82) is 0 Å². The molecule has 2 atom stereocenters. The van der Waals surface area contributed by atoms with Gasteiger partial charge in [0.15, 0.2) is 0 Å². The van der Waals surface area contributed by atoms with Crippen LogP contribution in [0.5, 0.6) is 0 Å². The number of aliphatic carboxylic acids is 1. The molecule has 0 saturated carbocycles. The number of hydrogen-bond donors (Lipinski definition) is 0. The van der Waals surface area contributed by atoms with Crippen LogP contribution in [0.25, 0.3) is 6.08 Å². The summed E-state index contributed by atoms with van der Waals surface area (Å²) in [6, 6.07) is 6.70. The third kappa shape index (κ3) is 3.82. The molecule has 0 spiro atoms. The van der Waals surface area contributed by atoms with Gasteiger partial charge < -0.3 is 9.90 Å². The molecule has 4 nitrogen and oxygen atoms in total. The van der Waals surface area contributed by atoms with E-state index in [1.54, 1.807) is 13.0 Å². The summed E-state index contributed by atoms with van der Waals surface area (Å²) in [5.41, 5.74) is 1.97. The highest BCUT2D eigenvalue weighted by Gasteiger charge is 2.39. The maximum absolute atomic E-state index is 12.6. The average molecular weight is 348 g/mol. The fourth-order valence-electron chi connectivity index (χ4n) is 2.45. The summed E-state index contributed by atoms with van der Waals surface area (Å²) in [7, 11) is 0. The lowest BCUT2D eigenvalue weighted by Gasteiger charge is -2.32. The zero-order chi connectivity index (χ0) is 17.1. The van der Waals surface area contributed by atoms with Crippen LogP contribution in [0, 0.1) is 12.8 Å². The number of benzene rings is 1. The van der Waals surface area contributed by atoms with Crippen LogP contribution in [0.2, 0.25) is 0 Å². The highest BCUT2D eigenvalue weighted by molar-refractivity contribution is 8.26. The molecule has 1 amide bonds. The van der Waals surface area contributed by atoms with E-state index in [1.165, 1.54) is 4.90 Å². The van der Waals surface area contributed by atoms with E-state index in [0.29, 0.717) is 11.3 Å². The second-order valence-electron chi connectivity index (χ2n) is 5.62. The Balaban J connectivity index is 2.34. The first-order valence-electron chi connectivity index (χ1n) is 7.39. The first-order chi connectivity index (χ1) is 10.8. The molecule has 1 aliphatic heterocycles. The normalized spacial score (nSPS) is 19.3. The lowest BCUT2D eigenvalue weighted by molar-refractivity contribution is -0.311. The minimum atomic E-state index is -1.27. The van der Waals surface area contributed by atoms with Gasteiger partial charge in [0.2, 0.25) is 0 Å². The van der Waals surface area contributed by atoms with Crippen molar-refractivity contribution in [3.05, 3.63) is 40.3 Å². The Kier molecular flexibility index (Phi) is 5.59. The molecule has 0 N–H and O–H groups in total. The summed E-state index contributed by atoms with van der Waals surface area (Å²) < 4.78 is 0.267. The molecule has 1 aliphatic rings. The Bertz CT molecular complexity index is 684. The Hall–Kier alpha value is -1.66. The van der Waals surface area contributed by atoms with Gasteiger partial charge in [0.05, 0.1) is 16.9 Å². The van der Waals surface area contributed by atoms with E-state index in [4.69, 9.17) is 12.2 Å². The molecule has 0 unspecified atom stereocenters. The smallest absolute Gasteiger partial charge is 0.266 e. The van der Waals surface area contributed by atoms with Gasteiger partial charge in [-0.3, -0.25) is 9.69 Å². The molecule has 0 aromatic heterocycles. The third-order valence-corrected chi connectivity index (χ3v) is 5.20. The van der Waals surface area contributed by atoms with E-state index in [1.807, 2.05) is 38.1 Å². The van der Waals surface area contributed by atoms with Crippen molar-refractivity contribution in [1.82, 2.24) is 4.90 Å². The molecular weight excluding hydrogens is 330 g/mol. The van der Waals surface area contributed by atoms with Crippen molar-refractivity contribution in [2.24, 2.45) is 5.92 Å². The van der Waals surface area contributed by atoms with E-state index in [0.717, 1.165) is 22.9 Å². The van der Waals surface area contributed by atoms with Crippen LogP contribution in [0.15, 0.2) is 29.2 Å². The van der Waals surface area contributed by atoms with Crippen molar-refractivity contribution in [3.8, 4) is 0 Å². The van der Waals surface area contributed by atoms with E-state index >= 15 is 0 Å². The fourth-order valence-corrected chi connectivity index (χ4v) is 3.78. The summed E-state index contributed by atoms with van der Waals surface area (Å²) in [5, 5.41) is 11.5. The maximum atomic E-state index is 12.6. The second-order valence-corrected chi connectivity index (χ2v) is 7.29. The van der Waals surface area contributed by atoms with E-state index < -0.39 is 12.0 Å². The van der Waals surface area contributed by atoms with Crippen molar-refractivity contribution in [2.45, 2.75) is 33.2 Å². The Morgan fingerprint density at radius 2 is 2.17 bits per heavy atom. The summed E-state index contributed by atoms with van der Waals surface area (Å²) >= 11 is 6.37. The molecule has 1 saturated heterocycles. The quantitative estimate of drug-likeness (QED) is 0.604. The third-order valence-electron chi connectivity index (χ3n) is 3.87. The van der Waals surface area contributed by atoms with Gasteiger partial charge in [-0.2, -0.15) is 0 Å². The van der Waals surface area contributed by atoms with Crippen LogP contribution >= 0.6 is 24.0 Å². The number of thioether (sulfide) groups is 1. The largest absolute Gasteiger partial charge is 0.548 e. The SMILES string of the molecule is CC[C@@H](C)[C@@H](C(=O)[O-])N1C(=O)/C(=C/c2cccc(C)c2)SC1=S. The summed E-state index contributed by atoms with van der Waals surface area (Å²) in [6.45, 7) is 5.63. The zero-order valence-electron chi connectivity index (χ0n) is 13.2. The van der Waals surface area contributed by atoms with Crippen LogP contribution in [0.4, 0.5) is 0 Å². The van der Waals surface area contributed by atoms with Crippen LogP contribution in [-0.4, -0.2) is 27.1 Å². The molecule has 1 heterocycles. The molecule has 0 bridgehead atoms. The number of carboxylic acid groups (broad SMARTS) is 1. The lowest BCUT2D eigenvalue weighted by atomic mass is 9.98. The number of carboxylic acids is 1. The predicted molar refractivity (Wildman–Crippen MR) is 94.4 cm³/mol. The van der Waals surface area contributed by atoms with Crippen LogP contribution in [0.1, 0.15) is 31.4 Å². The number of rotatable bonds is 5. The van der Waals surface area contributed by atoms with Gasteiger partial charge in [0.1, 0.15) is 4.32 Å². The van der Waals surface area contributed by atoms with E-state index in [-0.39, 0.29) is 16.1 Å². The number of carbonyl (C=O) groups is 2. The highest BCUT2D eigenvalue weighted by Crippen LogP contribution is 2.35. The zero-order valence-corrected chi connectivity index (χ0v) is 14.9. The standard InChI is InChI=1S/C17H19NO3S2/c1-4-11(3)14(16(20)21)18-15(19)13(23-17(18)22)9-12-7-5-6-10(2)8-12/h5-9,11,14H,4H2,1-3H3,(H,20,21)/p-1/b13-9-/t11-,14+/m1/s1. The summed E-state index contributed by atoms with van der Waals surface area (Å²) in [6.07, 6.45) is 2.36. The Morgan fingerprint density at radius 1 is 1.48 bits per heavy atom. The average Bonchev–Trinajstić information content (AvgIpc) is 2.75. The molecule has 1 fully saturated rings. The molecule has 6 heteroatoms. The fraction of sp³-hybridized carbons (Fsp3) is 0.353. The minimum Gasteiger partial charge on any atom is -0.548 e. The second kappa shape index (κ2) is 7.27. The van der Waals surface area contributed by atoms with Gasteiger partial charge in [0.25, 0.3) is 5.91 Å². The first kappa shape index (κ1) is 17.7. The van der Waals surface area contributed by atoms with Crippen molar-refractivity contribution in [3.63, 3.8) is 0 Å². The van der Waals surface area contributed by atoms with E-state index in [9.17, 15) is 14.7 Å². The number of aryl methyl sites for hydroxylation is 1. The summed E-state index contributed by atoms with van der Waals surface area (Å²) in [4.78, 5) is 25.7. The number of nitrogens with zero attached hydrogens (tertiary/aromatic N) is 1. The first-order valence-corrected chi connectivity index (χ1v) is 8.62. The van der Waals surface area contributed by atoms with Crippen LogP contribution in [-0.2, 0) is 9.59 Å². The molecule has 2 rings (SSSR count). The van der Waals surface area contributed by atoms with Gasteiger partial charge in [-0.25, -0.2) is 0 Å². The molecule has 122 valence electrons. The molecule has 1 aromatic rings. The number of amides is 1. The monoisotopic (exact) mass is 348 g/mol. The molecule has 23 heavy (non-hydrogen) atoms. The van der Waals surface area contributed by atoms with Gasteiger partial charge in [0, 0.05) is 0 Å². The topological polar surface area (TPSA) is 60.4 Å². The number of carbonyl (C=O) groups excluding carboxylic acids is 2. The van der Waals surface area contributed by atoms with Crippen molar-refractivity contribution >= 4 is 46.3 Å². The van der Waals surface area contributed by atoms with Gasteiger partial charge in [-0.15, -0.1) is 0 Å². The lowest BCUT2D eigenvalue weighted by Crippen LogP contribution is -2.53. The number of thiocarbonyl (C=S) groups is 1. The van der Waals surface area contributed by atoms with Gasteiger partial charge in [-0.05, 0) is 24.5 Å². The Labute approximate surface area is 145 Å². The van der Waals surface area contributed by atoms with Gasteiger partial charge >= 0.3 is 0 Å². The molecule has 0 aliphatic carbocycles. The molecule has 0 radical (unpaired) electrons. The number of hydrogen-bond acceptors (Lipinski definition) is 5. The van der Waals surface area contributed by atoms with E-state index in [2.05, 4.69) is 0 Å². The predicted octanol–water partition coefficient (Wildman–Crippen LogP) is 2.36. The van der Waals surface area contributed by atoms with Crippen LogP contribution < -0.4 is 5.11 Å². The van der Waals surface area contributed by atoms with Crippen molar-refractivity contribution in [2.75, 3.05) is 0 Å². The maximum Gasteiger partial charge on any atom is 0.266 e. The highest BCUT2D eigenvalue weighted by atomic mass is 32.2. The molecular formula is C17H18NO3S2-.